The molecule has 0 N–H and O–H groups in total. The van der Waals surface area contributed by atoms with E-state index in [0.717, 1.165) is 48.6 Å². The van der Waals surface area contributed by atoms with Gasteiger partial charge in [0.1, 0.15) is 5.75 Å². The summed E-state index contributed by atoms with van der Waals surface area (Å²) in [4.78, 5) is 12.3. The van der Waals surface area contributed by atoms with Gasteiger partial charge in [-0.05, 0) is 67.0 Å². The third-order valence-electron chi connectivity index (χ3n) is 4.99. The van der Waals surface area contributed by atoms with Gasteiger partial charge < -0.3 is 4.74 Å². The molecule has 0 aromatic heterocycles. The molecule has 2 aromatic rings. The van der Waals surface area contributed by atoms with Crippen molar-refractivity contribution in [3.8, 4) is 22.9 Å². The van der Waals surface area contributed by atoms with Gasteiger partial charge in [0.2, 0.25) is 0 Å². The van der Waals surface area contributed by atoms with Gasteiger partial charge in [-0.3, -0.25) is 4.79 Å². The van der Waals surface area contributed by atoms with Gasteiger partial charge >= 0.3 is 5.97 Å². The van der Waals surface area contributed by atoms with Gasteiger partial charge in [-0.25, -0.2) is 0 Å². The predicted molar refractivity (Wildman–Crippen MR) is 97.7 cm³/mol. The first-order chi connectivity index (χ1) is 12.2. The Labute approximate surface area is 149 Å². The van der Waals surface area contributed by atoms with Crippen LogP contribution in [0.3, 0.4) is 0 Å². The molecule has 1 aliphatic rings. The Morgan fingerprint density at radius 3 is 2.12 bits per heavy atom. The molecule has 25 heavy (non-hydrogen) atoms. The fourth-order valence-corrected chi connectivity index (χ4v) is 3.27. The van der Waals surface area contributed by atoms with Gasteiger partial charge in [-0.1, -0.05) is 37.6 Å². The second-order valence-corrected chi connectivity index (χ2v) is 6.56. The van der Waals surface area contributed by atoms with Crippen LogP contribution in [0.25, 0.3) is 11.1 Å². The molecule has 0 unspecified atom stereocenters. The summed E-state index contributed by atoms with van der Waals surface area (Å²) in [5.74, 6) is 2.07. The number of carbonyl (C=O) groups is 1. The van der Waals surface area contributed by atoms with Crippen LogP contribution in [0.5, 0.6) is 5.75 Å². The van der Waals surface area contributed by atoms with Crippen LogP contribution in [0.15, 0.2) is 48.5 Å². The lowest BCUT2D eigenvalue weighted by atomic mass is 9.81. The summed E-state index contributed by atoms with van der Waals surface area (Å²) in [5, 5.41) is 8.85. The smallest absolute Gasteiger partial charge is 0.318 e. The SMILES string of the molecule is CCC1CC[C](C(=O)Oc2ccc(-c3ccc(C#N)cc3)cc2)CC1. The average molecular weight is 332 g/mol. The highest BCUT2D eigenvalue weighted by Gasteiger charge is 2.27. The van der Waals surface area contributed by atoms with Crippen LogP contribution in [0.2, 0.25) is 0 Å². The number of nitriles is 1. The molecule has 1 saturated carbocycles. The van der Waals surface area contributed by atoms with E-state index in [2.05, 4.69) is 13.0 Å². The van der Waals surface area contributed by atoms with Gasteiger partial charge in [-0.2, -0.15) is 5.26 Å². The Kier molecular flexibility index (Phi) is 5.50. The molecular weight excluding hydrogens is 310 g/mol. The highest BCUT2D eigenvalue weighted by Crippen LogP contribution is 2.33. The van der Waals surface area contributed by atoms with E-state index < -0.39 is 0 Å². The molecule has 1 radical (unpaired) electrons. The van der Waals surface area contributed by atoms with E-state index >= 15 is 0 Å². The minimum Gasteiger partial charge on any atom is -0.426 e. The van der Waals surface area contributed by atoms with Crippen molar-refractivity contribution in [1.29, 1.82) is 5.26 Å². The largest absolute Gasteiger partial charge is 0.426 e. The zero-order valence-electron chi connectivity index (χ0n) is 14.5. The summed E-state index contributed by atoms with van der Waals surface area (Å²) >= 11 is 0. The summed E-state index contributed by atoms with van der Waals surface area (Å²) < 4.78 is 5.53. The van der Waals surface area contributed by atoms with E-state index in [1.807, 2.05) is 36.4 Å². The summed E-state index contributed by atoms with van der Waals surface area (Å²) in [5.41, 5.74) is 2.70. The van der Waals surface area contributed by atoms with Crippen LogP contribution >= 0.6 is 0 Å². The Morgan fingerprint density at radius 1 is 1.04 bits per heavy atom. The first-order valence-corrected chi connectivity index (χ1v) is 8.87. The van der Waals surface area contributed by atoms with Gasteiger partial charge in [0.25, 0.3) is 0 Å². The molecule has 2 aromatic carbocycles. The number of hydrogen-bond donors (Lipinski definition) is 0. The second kappa shape index (κ2) is 7.98. The molecule has 0 atom stereocenters. The van der Waals surface area contributed by atoms with Crippen molar-refractivity contribution in [1.82, 2.24) is 0 Å². The Balaban J connectivity index is 1.60. The van der Waals surface area contributed by atoms with Crippen molar-refractivity contribution in [2.45, 2.75) is 39.0 Å². The third kappa shape index (κ3) is 4.28. The van der Waals surface area contributed by atoms with E-state index in [1.54, 1.807) is 12.1 Å². The van der Waals surface area contributed by atoms with Crippen LogP contribution in [-0.4, -0.2) is 5.97 Å². The standard InChI is InChI=1S/C22H22NO2/c1-2-16-3-9-20(10-4-16)22(24)25-21-13-11-19(12-14-21)18-7-5-17(15-23)6-8-18/h5-8,11-14,16H,2-4,9-10H2,1H3. The monoisotopic (exact) mass is 332 g/mol. The van der Waals surface area contributed by atoms with Crippen molar-refractivity contribution in [2.24, 2.45) is 5.92 Å². The minimum atomic E-state index is -0.180. The lowest BCUT2D eigenvalue weighted by Crippen LogP contribution is -2.23. The number of hydrogen-bond acceptors (Lipinski definition) is 3. The first kappa shape index (κ1) is 17.2. The number of rotatable bonds is 4. The van der Waals surface area contributed by atoms with Crippen molar-refractivity contribution >= 4 is 5.97 Å². The van der Waals surface area contributed by atoms with E-state index in [9.17, 15) is 4.79 Å². The van der Waals surface area contributed by atoms with E-state index in [-0.39, 0.29) is 5.97 Å². The number of benzene rings is 2. The van der Waals surface area contributed by atoms with Crippen molar-refractivity contribution in [3.05, 3.63) is 60.0 Å². The van der Waals surface area contributed by atoms with Crippen LogP contribution < -0.4 is 4.74 Å². The second-order valence-electron chi connectivity index (χ2n) is 6.56. The molecule has 1 fully saturated rings. The lowest BCUT2D eigenvalue weighted by Gasteiger charge is -2.25. The first-order valence-electron chi connectivity index (χ1n) is 8.87. The van der Waals surface area contributed by atoms with Crippen LogP contribution in [-0.2, 0) is 4.79 Å². The molecule has 127 valence electrons. The number of ether oxygens (including phenoxy) is 1. The predicted octanol–water partition coefficient (Wildman–Crippen LogP) is 5.31. The van der Waals surface area contributed by atoms with Crippen LogP contribution in [0.1, 0.15) is 44.6 Å². The molecule has 3 heteroatoms. The van der Waals surface area contributed by atoms with Crippen molar-refractivity contribution in [2.75, 3.05) is 0 Å². The lowest BCUT2D eigenvalue weighted by molar-refractivity contribution is -0.133. The average Bonchev–Trinajstić information content (AvgIpc) is 2.68. The fraction of sp³-hybridized carbons (Fsp3) is 0.318. The molecule has 0 spiro atoms. The Morgan fingerprint density at radius 2 is 1.60 bits per heavy atom. The Bertz CT molecular complexity index is 748. The van der Waals surface area contributed by atoms with Crippen molar-refractivity contribution < 1.29 is 9.53 Å². The van der Waals surface area contributed by atoms with E-state index in [1.165, 1.54) is 6.42 Å². The molecule has 0 amide bonds. The fourth-order valence-electron chi connectivity index (χ4n) is 3.27. The summed E-state index contributed by atoms with van der Waals surface area (Å²) in [7, 11) is 0. The van der Waals surface area contributed by atoms with E-state index in [4.69, 9.17) is 10.00 Å². The summed E-state index contributed by atoms with van der Waals surface area (Å²) in [6, 6.07) is 17.1. The quantitative estimate of drug-likeness (QED) is 0.563. The number of carbonyl (C=O) groups excluding carboxylic acids is 1. The zero-order valence-corrected chi connectivity index (χ0v) is 14.5. The van der Waals surface area contributed by atoms with Crippen molar-refractivity contribution in [3.63, 3.8) is 0 Å². The van der Waals surface area contributed by atoms with Crippen LogP contribution in [0, 0.1) is 23.2 Å². The van der Waals surface area contributed by atoms with Gasteiger partial charge in [-0.15, -0.1) is 0 Å². The maximum Gasteiger partial charge on any atom is 0.318 e. The zero-order chi connectivity index (χ0) is 17.6. The molecule has 0 saturated heterocycles. The number of esters is 1. The molecule has 0 aliphatic heterocycles. The van der Waals surface area contributed by atoms with Crippen LogP contribution in [0.4, 0.5) is 0 Å². The Hall–Kier alpha value is -2.60. The topological polar surface area (TPSA) is 50.1 Å². The third-order valence-corrected chi connectivity index (χ3v) is 4.99. The molecule has 1 aliphatic carbocycles. The molecular formula is C22H22NO2. The maximum absolute atomic E-state index is 12.3. The molecule has 3 nitrogen and oxygen atoms in total. The molecule has 0 heterocycles. The van der Waals surface area contributed by atoms with E-state index in [0.29, 0.717) is 11.3 Å². The minimum absolute atomic E-state index is 0.180. The summed E-state index contributed by atoms with van der Waals surface area (Å²) in [6.07, 6.45) is 5.11. The number of nitrogens with zero attached hydrogens (tertiary/aromatic N) is 1. The maximum atomic E-state index is 12.3. The normalized spacial score (nSPS) is 15.5. The van der Waals surface area contributed by atoms with Gasteiger partial charge in [0.05, 0.1) is 17.6 Å². The molecule has 0 bridgehead atoms. The highest BCUT2D eigenvalue weighted by atomic mass is 16.5. The van der Waals surface area contributed by atoms with Gasteiger partial charge in [0, 0.05) is 0 Å². The van der Waals surface area contributed by atoms with Gasteiger partial charge in [0.15, 0.2) is 0 Å². The molecule has 3 rings (SSSR count). The highest BCUT2D eigenvalue weighted by molar-refractivity contribution is 5.86. The summed E-state index contributed by atoms with van der Waals surface area (Å²) in [6.45, 7) is 2.21.